The molecule has 0 bridgehead atoms. The molecule has 1 aromatic rings. The molecule has 20 heavy (non-hydrogen) atoms. The molecule has 2 rings (SSSR count). The van der Waals surface area contributed by atoms with Crippen LogP contribution in [0.3, 0.4) is 0 Å². The molecular formula is C14H17F3N2O. The van der Waals surface area contributed by atoms with Crippen molar-refractivity contribution >= 4 is 5.91 Å². The van der Waals surface area contributed by atoms with Crippen molar-refractivity contribution in [3.05, 3.63) is 35.4 Å². The first-order chi connectivity index (χ1) is 9.38. The minimum absolute atomic E-state index is 0.0428. The number of carbonyl (C=O) groups is 1. The Balaban J connectivity index is 2.01. The first-order valence-corrected chi connectivity index (χ1v) is 6.54. The molecule has 0 saturated carbocycles. The Kier molecular flexibility index (Phi) is 4.32. The predicted molar refractivity (Wildman–Crippen MR) is 69.2 cm³/mol. The number of piperazine rings is 1. The normalized spacial score (nSPS) is 20.0. The van der Waals surface area contributed by atoms with Crippen LogP contribution in [0.5, 0.6) is 0 Å². The smallest absolute Gasteiger partial charge is 0.337 e. The Hall–Kier alpha value is -1.56. The Labute approximate surface area is 115 Å². The van der Waals surface area contributed by atoms with Crippen molar-refractivity contribution in [2.24, 2.45) is 0 Å². The van der Waals surface area contributed by atoms with Crippen molar-refractivity contribution in [1.29, 1.82) is 0 Å². The van der Waals surface area contributed by atoms with Crippen LogP contribution in [-0.4, -0.2) is 36.5 Å². The number of nitrogens with one attached hydrogen (secondary N) is 1. The van der Waals surface area contributed by atoms with Gasteiger partial charge in [-0.15, -0.1) is 0 Å². The van der Waals surface area contributed by atoms with Gasteiger partial charge in [0.15, 0.2) is 0 Å². The number of rotatable bonds is 2. The Morgan fingerprint density at radius 2 is 2.00 bits per heavy atom. The average molecular weight is 286 g/mol. The number of halogens is 3. The van der Waals surface area contributed by atoms with Gasteiger partial charge in [-0.1, -0.05) is 12.1 Å². The van der Waals surface area contributed by atoms with Gasteiger partial charge in [0, 0.05) is 25.7 Å². The second-order valence-corrected chi connectivity index (χ2v) is 5.01. The van der Waals surface area contributed by atoms with E-state index in [0.29, 0.717) is 12.1 Å². The van der Waals surface area contributed by atoms with Crippen molar-refractivity contribution in [1.82, 2.24) is 10.2 Å². The van der Waals surface area contributed by atoms with Gasteiger partial charge < -0.3 is 10.2 Å². The third-order valence-electron chi connectivity index (χ3n) is 3.46. The standard InChI is InChI=1S/C14H17F3N2O/c1-10-9-18-6-7-19(10)13(20)8-11-2-4-12(5-3-11)14(15,16)17/h2-5,10,18H,6-9H2,1H3/t10-/m1/s1. The number of carbonyl (C=O) groups excluding carboxylic acids is 1. The summed E-state index contributed by atoms with van der Waals surface area (Å²) in [5.74, 6) is -0.0428. The van der Waals surface area contributed by atoms with E-state index < -0.39 is 11.7 Å². The number of hydrogen-bond acceptors (Lipinski definition) is 2. The Morgan fingerprint density at radius 3 is 2.55 bits per heavy atom. The van der Waals surface area contributed by atoms with Gasteiger partial charge in [0.1, 0.15) is 0 Å². The molecule has 0 aliphatic carbocycles. The summed E-state index contributed by atoms with van der Waals surface area (Å²) in [7, 11) is 0. The van der Waals surface area contributed by atoms with Gasteiger partial charge in [0.05, 0.1) is 12.0 Å². The van der Waals surface area contributed by atoms with Gasteiger partial charge in [-0.25, -0.2) is 0 Å². The second-order valence-electron chi connectivity index (χ2n) is 5.01. The zero-order chi connectivity index (χ0) is 14.8. The highest BCUT2D eigenvalue weighted by atomic mass is 19.4. The molecule has 1 aliphatic rings. The lowest BCUT2D eigenvalue weighted by Crippen LogP contribution is -2.52. The molecule has 0 spiro atoms. The second kappa shape index (κ2) is 5.83. The van der Waals surface area contributed by atoms with Gasteiger partial charge in [0.2, 0.25) is 5.91 Å². The lowest BCUT2D eigenvalue weighted by atomic mass is 10.1. The Morgan fingerprint density at radius 1 is 1.35 bits per heavy atom. The molecule has 1 saturated heterocycles. The summed E-state index contributed by atoms with van der Waals surface area (Å²) in [5, 5.41) is 3.19. The van der Waals surface area contributed by atoms with E-state index in [0.717, 1.165) is 25.2 Å². The first-order valence-electron chi connectivity index (χ1n) is 6.54. The summed E-state index contributed by atoms with van der Waals surface area (Å²) < 4.78 is 37.3. The Bertz CT molecular complexity index is 470. The lowest BCUT2D eigenvalue weighted by molar-refractivity contribution is -0.137. The fourth-order valence-corrected chi connectivity index (χ4v) is 2.30. The van der Waals surface area contributed by atoms with Crippen molar-refractivity contribution < 1.29 is 18.0 Å². The highest BCUT2D eigenvalue weighted by Crippen LogP contribution is 2.29. The molecule has 110 valence electrons. The highest BCUT2D eigenvalue weighted by Gasteiger charge is 2.30. The quantitative estimate of drug-likeness (QED) is 0.902. The summed E-state index contributed by atoms with van der Waals surface area (Å²) >= 11 is 0. The minimum Gasteiger partial charge on any atom is -0.337 e. The van der Waals surface area contributed by atoms with Crippen LogP contribution >= 0.6 is 0 Å². The number of amides is 1. The maximum absolute atomic E-state index is 12.4. The van der Waals surface area contributed by atoms with E-state index in [1.807, 2.05) is 6.92 Å². The molecule has 1 N–H and O–H groups in total. The molecule has 0 aromatic heterocycles. The van der Waals surface area contributed by atoms with Crippen LogP contribution in [0.1, 0.15) is 18.1 Å². The zero-order valence-corrected chi connectivity index (χ0v) is 11.2. The molecule has 6 heteroatoms. The fraction of sp³-hybridized carbons (Fsp3) is 0.500. The van der Waals surface area contributed by atoms with Crippen LogP contribution in [0.4, 0.5) is 13.2 Å². The molecule has 1 fully saturated rings. The van der Waals surface area contributed by atoms with Gasteiger partial charge >= 0.3 is 6.18 Å². The monoisotopic (exact) mass is 286 g/mol. The van der Waals surface area contributed by atoms with E-state index in [1.54, 1.807) is 4.90 Å². The number of alkyl halides is 3. The lowest BCUT2D eigenvalue weighted by Gasteiger charge is -2.34. The van der Waals surface area contributed by atoms with Crippen LogP contribution in [0, 0.1) is 0 Å². The molecule has 0 radical (unpaired) electrons. The van der Waals surface area contributed by atoms with E-state index in [4.69, 9.17) is 0 Å². The predicted octanol–water partition coefficient (Wildman–Crippen LogP) is 2.07. The van der Waals surface area contributed by atoms with Crippen LogP contribution in [-0.2, 0) is 17.4 Å². The average Bonchev–Trinajstić information content (AvgIpc) is 2.38. The molecule has 1 heterocycles. The molecule has 1 aromatic carbocycles. The maximum Gasteiger partial charge on any atom is 0.416 e. The van der Waals surface area contributed by atoms with E-state index in [9.17, 15) is 18.0 Å². The fourth-order valence-electron chi connectivity index (χ4n) is 2.30. The van der Waals surface area contributed by atoms with Gasteiger partial charge in [0.25, 0.3) is 0 Å². The largest absolute Gasteiger partial charge is 0.416 e. The number of benzene rings is 1. The van der Waals surface area contributed by atoms with Gasteiger partial charge in [-0.2, -0.15) is 13.2 Å². The molecule has 3 nitrogen and oxygen atoms in total. The first kappa shape index (κ1) is 14.8. The van der Waals surface area contributed by atoms with E-state index in [2.05, 4.69) is 5.32 Å². The van der Waals surface area contributed by atoms with Crippen molar-refractivity contribution in [3.63, 3.8) is 0 Å². The van der Waals surface area contributed by atoms with Crippen LogP contribution in [0.25, 0.3) is 0 Å². The SMILES string of the molecule is C[C@@H]1CNCCN1C(=O)Cc1ccc(C(F)(F)F)cc1. The van der Waals surface area contributed by atoms with E-state index >= 15 is 0 Å². The van der Waals surface area contributed by atoms with Crippen LogP contribution in [0.15, 0.2) is 24.3 Å². The zero-order valence-electron chi connectivity index (χ0n) is 11.2. The van der Waals surface area contributed by atoms with E-state index in [-0.39, 0.29) is 18.4 Å². The molecule has 0 unspecified atom stereocenters. The van der Waals surface area contributed by atoms with Crippen molar-refractivity contribution in [2.45, 2.75) is 25.6 Å². The summed E-state index contributed by atoms with van der Waals surface area (Å²) in [6.07, 6.45) is -4.20. The summed E-state index contributed by atoms with van der Waals surface area (Å²) in [6.45, 7) is 4.10. The van der Waals surface area contributed by atoms with Gasteiger partial charge in [-0.05, 0) is 24.6 Å². The third-order valence-corrected chi connectivity index (χ3v) is 3.46. The van der Waals surface area contributed by atoms with Gasteiger partial charge in [-0.3, -0.25) is 4.79 Å². The van der Waals surface area contributed by atoms with Crippen molar-refractivity contribution in [3.8, 4) is 0 Å². The number of nitrogens with zero attached hydrogens (tertiary/aromatic N) is 1. The molecule has 1 aliphatic heterocycles. The minimum atomic E-state index is -4.34. The topological polar surface area (TPSA) is 32.3 Å². The maximum atomic E-state index is 12.4. The van der Waals surface area contributed by atoms with Crippen LogP contribution < -0.4 is 5.32 Å². The summed E-state index contributed by atoms with van der Waals surface area (Å²) in [4.78, 5) is 13.9. The van der Waals surface area contributed by atoms with Crippen molar-refractivity contribution in [2.75, 3.05) is 19.6 Å². The third kappa shape index (κ3) is 3.50. The van der Waals surface area contributed by atoms with Crippen LogP contribution in [0.2, 0.25) is 0 Å². The molecule has 1 atom stereocenters. The molecule has 1 amide bonds. The molecular weight excluding hydrogens is 269 g/mol. The van der Waals surface area contributed by atoms with E-state index in [1.165, 1.54) is 12.1 Å². The highest BCUT2D eigenvalue weighted by molar-refractivity contribution is 5.79. The summed E-state index contributed by atoms with van der Waals surface area (Å²) in [6, 6.07) is 4.89. The number of hydrogen-bond donors (Lipinski definition) is 1. The summed E-state index contributed by atoms with van der Waals surface area (Å²) in [5.41, 5.74) is -0.0852.